The summed E-state index contributed by atoms with van der Waals surface area (Å²) in [6.07, 6.45) is 1.72. The van der Waals surface area contributed by atoms with Gasteiger partial charge in [-0.15, -0.1) is 11.8 Å². The molecular formula is C8H8FNOS. The molecule has 0 atom stereocenters. The second-order valence-electron chi connectivity index (χ2n) is 2.09. The summed E-state index contributed by atoms with van der Waals surface area (Å²) >= 11 is 1.20. The minimum absolute atomic E-state index is 0.285. The van der Waals surface area contributed by atoms with Gasteiger partial charge in [0.1, 0.15) is 10.9 Å². The number of oxime groups is 1. The van der Waals surface area contributed by atoms with Gasteiger partial charge in [-0.3, -0.25) is 0 Å². The van der Waals surface area contributed by atoms with Crippen LogP contribution in [0.5, 0.6) is 0 Å². The van der Waals surface area contributed by atoms with Crippen LogP contribution in [0, 0.1) is 5.82 Å². The first-order valence-electron chi connectivity index (χ1n) is 3.30. The number of thioether (sulfide) groups is 1. The van der Waals surface area contributed by atoms with E-state index in [1.165, 1.54) is 17.8 Å². The van der Waals surface area contributed by atoms with Crippen LogP contribution in [0.4, 0.5) is 4.39 Å². The number of hydrogen-bond acceptors (Lipinski definition) is 3. The zero-order valence-corrected chi connectivity index (χ0v) is 7.31. The van der Waals surface area contributed by atoms with Crippen molar-refractivity contribution >= 4 is 16.8 Å². The summed E-state index contributed by atoms with van der Waals surface area (Å²) in [6, 6.07) is 6.19. The highest BCUT2D eigenvalue weighted by molar-refractivity contribution is 8.13. The van der Waals surface area contributed by atoms with Gasteiger partial charge in [0.05, 0.1) is 0 Å². The van der Waals surface area contributed by atoms with Crippen LogP contribution in [-0.2, 0) is 0 Å². The Kier molecular flexibility index (Phi) is 3.10. The lowest BCUT2D eigenvalue weighted by Gasteiger charge is -2.00. The van der Waals surface area contributed by atoms with E-state index >= 15 is 0 Å². The number of halogens is 1. The molecule has 0 radical (unpaired) electrons. The molecule has 0 aliphatic carbocycles. The first-order valence-corrected chi connectivity index (χ1v) is 4.53. The molecule has 1 N–H and O–H groups in total. The number of hydrogen-bond donors (Lipinski definition) is 1. The van der Waals surface area contributed by atoms with Gasteiger partial charge < -0.3 is 5.21 Å². The fraction of sp³-hybridized carbons (Fsp3) is 0.125. The van der Waals surface area contributed by atoms with Gasteiger partial charge in [0, 0.05) is 5.56 Å². The molecule has 0 aliphatic rings. The third-order valence-corrected chi connectivity index (χ3v) is 2.08. The summed E-state index contributed by atoms with van der Waals surface area (Å²) in [4.78, 5) is 0. The van der Waals surface area contributed by atoms with E-state index in [-0.39, 0.29) is 10.9 Å². The second-order valence-corrected chi connectivity index (χ2v) is 2.88. The van der Waals surface area contributed by atoms with Crippen LogP contribution in [0.1, 0.15) is 5.56 Å². The molecule has 0 saturated heterocycles. The molecule has 0 spiro atoms. The molecule has 0 bridgehead atoms. The second kappa shape index (κ2) is 4.11. The maximum atomic E-state index is 13.0. The van der Waals surface area contributed by atoms with Gasteiger partial charge >= 0.3 is 0 Å². The molecule has 1 aromatic carbocycles. The Morgan fingerprint density at radius 2 is 2.17 bits per heavy atom. The van der Waals surface area contributed by atoms with Crippen LogP contribution >= 0.6 is 11.8 Å². The van der Waals surface area contributed by atoms with Crippen molar-refractivity contribution in [1.82, 2.24) is 0 Å². The van der Waals surface area contributed by atoms with Crippen LogP contribution in [0.15, 0.2) is 29.4 Å². The summed E-state index contributed by atoms with van der Waals surface area (Å²) < 4.78 is 13.0. The van der Waals surface area contributed by atoms with E-state index in [1.807, 2.05) is 0 Å². The summed E-state index contributed by atoms with van der Waals surface area (Å²) in [6.45, 7) is 0. The highest BCUT2D eigenvalue weighted by Crippen LogP contribution is 2.13. The number of rotatable bonds is 1. The Bertz CT molecular complexity index is 301. The summed E-state index contributed by atoms with van der Waals surface area (Å²) in [7, 11) is 0. The SMILES string of the molecule is CSC(=NO)c1ccccc1F. The highest BCUT2D eigenvalue weighted by atomic mass is 32.2. The van der Waals surface area contributed by atoms with Gasteiger partial charge in [0.15, 0.2) is 0 Å². The van der Waals surface area contributed by atoms with Crippen molar-refractivity contribution < 1.29 is 9.60 Å². The molecule has 0 unspecified atom stereocenters. The predicted octanol–water partition coefficient (Wildman–Crippen LogP) is 2.32. The van der Waals surface area contributed by atoms with E-state index in [4.69, 9.17) is 5.21 Å². The number of benzene rings is 1. The normalized spacial score (nSPS) is 11.7. The summed E-state index contributed by atoms with van der Waals surface area (Å²) in [5.74, 6) is -0.375. The molecule has 4 heteroatoms. The van der Waals surface area contributed by atoms with E-state index in [0.29, 0.717) is 5.56 Å². The molecule has 0 amide bonds. The van der Waals surface area contributed by atoms with Crippen LogP contribution < -0.4 is 0 Å². The van der Waals surface area contributed by atoms with Crippen LogP contribution in [0.25, 0.3) is 0 Å². The van der Waals surface area contributed by atoms with E-state index in [0.717, 1.165) is 0 Å². The van der Waals surface area contributed by atoms with E-state index in [9.17, 15) is 4.39 Å². The van der Waals surface area contributed by atoms with Crippen LogP contribution in [0.2, 0.25) is 0 Å². The van der Waals surface area contributed by atoms with E-state index in [2.05, 4.69) is 5.16 Å². The predicted molar refractivity (Wildman–Crippen MR) is 48.2 cm³/mol. The van der Waals surface area contributed by atoms with Crippen molar-refractivity contribution in [3.05, 3.63) is 35.6 Å². The molecule has 0 aromatic heterocycles. The van der Waals surface area contributed by atoms with Gasteiger partial charge in [-0.1, -0.05) is 17.3 Å². The van der Waals surface area contributed by atoms with Gasteiger partial charge in [-0.25, -0.2) is 4.39 Å². The van der Waals surface area contributed by atoms with Crippen molar-refractivity contribution in [2.24, 2.45) is 5.16 Å². The molecule has 0 heterocycles. The first-order chi connectivity index (χ1) is 5.79. The lowest BCUT2D eigenvalue weighted by Crippen LogP contribution is -1.97. The monoisotopic (exact) mass is 185 g/mol. The Morgan fingerprint density at radius 3 is 2.67 bits per heavy atom. The fourth-order valence-electron chi connectivity index (χ4n) is 0.839. The lowest BCUT2D eigenvalue weighted by atomic mass is 10.2. The molecule has 1 aromatic rings. The Labute approximate surface area is 74.1 Å². The summed E-state index contributed by atoms with van der Waals surface area (Å²) in [5, 5.41) is 11.8. The van der Waals surface area contributed by atoms with Gasteiger partial charge in [-0.2, -0.15) is 0 Å². The smallest absolute Gasteiger partial charge is 0.145 e. The molecule has 1 rings (SSSR count). The Balaban J connectivity index is 3.10. The third-order valence-electron chi connectivity index (χ3n) is 1.39. The summed E-state index contributed by atoms with van der Waals surface area (Å²) in [5.41, 5.74) is 0.326. The van der Waals surface area contributed by atoms with Crippen molar-refractivity contribution in [2.45, 2.75) is 0 Å². The molecule has 64 valence electrons. The van der Waals surface area contributed by atoms with Crippen LogP contribution in [-0.4, -0.2) is 16.5 Å². The van der Waals surface area contributed by atoms with Crippen LogP contribution in [0.3, 0.4) is 0 Å². The van der Waals surface area contributed by atoms with Gasteiger partial charge in [0.2, 0.25) is 0 Å². The maximum Gasteiger partial charge on any atom is 0.145 e. The highest BCUT2D eigenvalue weighted by Gasteiger charge is 2.07. The topological polar surface area (TPSA) is 32.6 Å². The van der Waals surface area contributed by atoms with Gasteiger partial charge in [0.25, 0.3) is 0 Å². The van der Waals surface area contributed by atoms with Crippen molar-refractivity contribution in [3.63, 3.8) is 0 Å². The Morgan fingerprint density at radius 1 is 1.50 bits per heavy atom. The Hall–Kier alpha value is -1.03. The number of nitrogens with zero attached hydrogens (tertiary/aromatic N) is 1. The average molecular weight is 185 g/mol. The minimum Gasteiger partial charge on any atom is -0.410 e. The molecular weight excluding hydrogens is 177 g/mol. The van der Waals surface area contributed by atoms with Crippen molar-refractivity contribution in [2.75, 3.05) is 6.26 Å². The third kappa shape index (κ3) is 1.76. The molecule has 0 fully saturated rings. The maximum absolute atomic E-state index is 13.0. The minimum atomic E-state index is -0.375. The van der Waals surface area contributed by atoms with Crippen molar-refractivity contribution in [3.8, 4) is 0 Å². The molecule has 0 aliphatic heterocycles. The lowest BCUT2D eigenvalue weighted by molar-refractivity contribution is 0.321. The van der Waals surface area contributed by atoms with Crippen molar-refractivity contribution in [1.29, 1.82) is 0 Å². The zero-order chi connectivity index (χ0) is 8.97. The van der Waals surface area contributed by atoms with Gasteiger partial charge in [-0.05, 0) is 18.4 Å². The standard InChI is InChI=1S/C8H8FNOS/c1-12-8(10-11)6-4-2-3-5-7(6)9/h2-5,11H,1H3. The van der Waals surface area contributed by atoms with E-state index < -0.39 is 0 Å². The quantitative estimate of drug-likeness (QED) is 0.315. The fourth-order valence-corrected chi connectivity index (χ4v) is 1.31. The van der Waals surface area contributed by atoms with E-state index in [1.54, 1.807) is 24.5 Å². The molecule has 2 nitrogen and oxygen atoms in total. The average Bonchev–Trinajstić information content (AvgIpc) is 2.10. The first kappa shape index (κ1) is 9.06. The molecule has 0 saturated carbocycles. The largest absolute Gasteiger partial charge is 0.410 e. The zero-order valence-electron chi connectivity index (χ0n) is 6.49. The molecule has 12 heavy (non-hydrogen) atoms.